The molecule has 0 atom stereocenters. The van der Waals surface area contributed by atoms with Gasteiger partial charge in [0.2, 0.25) is 0 Å². The molecular formula is C10H16N6. The van der Waals surface area contributed by atoms with E-state index in [9.17, 15) is 0 Å². The highest BCUT2D eigenvalue weighted by atomic mass is 15.3. The number of hydrogen-bond donors (Lipinski definition) is 1. The molecule has 0 bridgehead atoms. The molecule has 0 aliphatic heterocycles. The summed E-state index contributed by atoms with van der Waals surface area (Å²) >= 11 is 0. The summed E-state index contributed by atoms with van der Waals surface area (Å²) in [7, 11) is 5.93. The minimum Gasteiger partial charge on any atom is -0.372 e. The second-order valence-corrected chi connectivity index (χ2v) is 3.88. The summed E-state index contributed by atoms with van der Waals surface area (Å²) in [6, 6.07) is 0. The Morgan fingerprint density at radius 2 is 2.19 bits per heavy atom. The minimum absolute atomic E-state index is 0.820. The first kappa shape index (κ1) is 10.8. The van der Waals surface area contributed by atoms with Crippen molar-refractivity contribution in [3.05, 3.63) is 12.5 Å². The molecule has 0 unspecified atom stereocenters. The van der Waals surface area contributed by atoms with Crippen molar-refractivity contribution in [1.29, 1.82) is 0 Å². The lowest BCUT2D eigenvalue weighted by molar-refractivity contribution is 0.376. The van der Waals surface area contributed by atoms with Crippen LogP contribution in [0.1, 0.15) is 0 Å². The zero-order valence-electron chi connectivity index (χ0n) is 9.80. The molecule has 86 valence electrons. The SMILES string of the molecule is CNc1ncnc2c1cnn2CCN(C)C. The van der Waals surface area contributed by atoms with Gasteiger partial charge in [0, 0.05) is 13.6 Å². The van der Waals surface area contributed by atoms with E-state index in [1.54, 1.807) is 12.5 Å². The van der Waals surface area contributed by atoms with Gasteiger partial charge in [-0.2, -0.15) is 5.10 Å². The molecule has 6 heteroatoms. The molecule has 0 spiro atoms. The summed E-state index contributed by atoms with van der Waals surface area (Å²) in [5.41, 5.74) is 0.876. The maximum atomic E-state index is 4.32. The number of likely N-dealkylation sites (N-methyl/N-ethyl adjacent to an activating group) is 1. The van der Waals surface area contributed by atoms with E-state index in [0.29, 0.717) is 0 Å². The number of nitrogens with zero attached hydrogens (tertiary/aromatic N) is 5. The number of aromatic nitrogens is 4. The zero-order chi connectivity index (χ0) is 11.5. The molecule has 0 amide bonds. The van der Waals surface area contributed by atoms with Crippen LogP contribution in [0.2, 0.25) is 0 Å². The van der Waals surface area contributed by atoms with E-state index in [-0.39, 0.29) is 0 Å². The molecule has 0 saturated carbocycles. The van der Waals surface area contributed by atoms with E-state index in [2.05, 4.69) is 25.3 Å². The quantitative estimate of drug-likeness (QED) is 0.809. The van der Waals surface area contributed by atoms with Gasteiger partial charge in [0.05, 0.1) is 18.1 Å². The fraction of sp³-hybridized carbons (Fsp3) is 0.500. The van der Waals surface area contributed by atoms with Crippen molar-refractivity contribution >= 4 is 16.9 Å². The van der Waals surface area contributed by atoms with E-state index in [0.717, 1.165) is 29.9 Å². The molecule has 2 heterocycles. The van der Waals surface area contributed by atoms with Crippen molar-refractivity contribution in [3.63, 3.8) is 0 Å². The van der Waals surface area contributed by atoms with Crippen LogP contribution in [0, 0.1) is 0 Å². The lowest BCUT2D eigenvalue weighted by Gasteiger charge is -2.09. The third-order valence-corrected chi connectivity index (χ3v) is 2.43. The summed E-state index contributed by atoms with van der Waals surface area (Å²) in [6.45, 7) is 1.77. The maximum Gasteiger partial charge on any atom is 0.163 e. The van der Waals surface area contributed by atoms with Gasteiger partial charge in [-0.25, -0.2) is 14.6 Å². The van der Waals surface area contributed by atoms with Gasteiger partial charge in [-0.05, 0) is 14.1 Å². The van der Waals surface area contributed by atoms with Gasteiger partial charge in [0.25, 0.3) is 0 Å². The summed E-state index contributed by atoms with van der Waals surface area (Å²) < 4.78 is 1.90. The Morgan fingerprint density at radius 1 is 1.38 bits per heavy atom. The summed E-state index contributed by atoms with van der Waals surface area (Å²) in [4.78, 5) is 10.5. The molecule has 0 aliphatic carbocycles. The smallest absolute Gasteiger partial charge is 0.163 e. The molecule has 0 radical (unpaired) electrons. The van der Waals surface area contributed by atoms with E-state index in [1.807, 2.05) is 25.8 Å². The van der Waals surface area contributed by atoms with Crippen LogP contribution in [0.5, 0.6) is 0 Å². The molecule has 1 N–H and O–H groups in total. The first-order chi connectivity index (χ1) is 7.72. The van der Waals surface area contributed by atoms with Crippen LogP contribution < -0.4 is 5.32 Å². The van der Waals surface area contributed by atoms with Crippen LogP contribution in [0.4, 0.5) is 5.82 Å². The highest BCUT2D eigenvalue weighted by Crippen LogP contribution is 2.17. The highest BCUT2D eigenvalue weighted by molar-refractivity contribution is 5.85. The van der Waals surface area contributed by atoms with Crippen LogP contribution in [-0.2, 0) is 6.54 Å². The van der Waals surface area contributed by atoms with Crippen LogP contribution in [0.3, 0.4) is 0 Å². The average Bonchev–Trinajstić information content (AvgIpc) is 2.69. The number of fused-ring (bicyclic) bond motifs is 1. The second-order valence-electron chi connectivity index (χ2n) is 3.88. The number of nitrogens with one attached hydrogen (secondary N) is 1. The maximum absolute atomic E-state index is 4.32. The Hall–Kier alpha value is -1.69. The Labute approximate surface area is 94.3 Å². The molecule has 0 aliphatic rings. The van der Waals surface area contributed by atoms with Crippen LogP contribution in [-0.4, -0.2) is 52.3 Å². The summed E-state index contributed by atoms with van der Waals surface area (Å²) in [6.07, 6.45) is 3.36. The molecule has 16 heavy (non-hydrogen) atoms. The molecule has 2 aromatic rings. The first-order valence-electron chi connectivity index (χ1n) is 5.21. The standard InChI is InChI=1S/C10H16N6/c1-11-9-8-6-14-16(5-4-15(2)3)10(8)13-7-12-9/h6-7H,4-5H2,1-3H3,(H,11,12,13). The summed E-state index contributed by atoms with van der Waals surface area (Å²) in [5, 5.41) is 8.32. The van der Waals surface area contributed by atoms with Gasteiger partial charge >= 0.3 is 0 Å². The van der Waals surface area contributed by atoms with Crippen molar-refractivity contribution in [2.75, 3.05) is 33.0 Å². The van der Waals surface area contributed by atoms with Gasteiger partial charge in [0.1, 0.15) is 12.1 Å². The molecule has 0 saturated heterocycles. The van der Waals surface area contributed by atoms with Gasteiger partial charge in [-0.15, -0.1) is 0 Å². The third-order valence-electron chi connectivity index (χ3n) is 2.43. The van der Waals surface area contributed by atoms with Gasteiger partial charge < -0.3 is 10.2 Å². The van der Waals surface area contributed by atoms with Crippen molar-refractivity contribution in [1.82, 2.24) is 24.6 Å². The van der Waals surface area contributed by atoms with Gasteiger partial charge in [0.15, 0.2) is 5.65 Å². The second kappa shape index (κ2) is 4.44. The Morgan fingerprint density at radius 3 is 2.88 bits per heavy atom. The lowest BCUT2D eigenvalue weighted by atomic mass is 10.4. The molecule has 6 nitrogen and oxygen atoms in total. The Bertz CT molecular complexity index is 475. The molecule has 2 rings (SSSR count). The van der Waals surface area contributed by atoms with Gasteiger partial charge in [-0.1, -0.05) is 0 Å². The fourth-order valence-electron chi connectivity index (χ4n) is 1.55. The lowest BCUT2D eigenvalue weighted by Crippen LogP contribution is -2.19. The Balaban J connectivity index is 2.34. The largest absolute Gasteiger partial charge is 0.372 e. The molecule has 0 fully saturated rings. The first-order valence-corrected chi connectivity index (χ1v) is 5.21. The van der Waals surface area contributed by atoms with Gasteiger partial charge in [-0.3, -0.25) is 0 Å². The molecule has 0 aromatic carbocycles. The number of rotatable bonds is 4. The van der Waals surface area contributed by atoms with Crippen molar-refractivity contribution in [2.24, 2.45) is 0 Å². The third kappa shape index (κ3) is 1.96. The van der Waals surface area contributed by atoms with Crippen molar-refractivity contribution in [3.8, 4) is 0 Å². The normalized spacial score (nSPS) is 11.2. The molecular weight excluding hydrogens is 204 g/mol. The molecule has 2 aromatic heterocycles. The minimum atomic E-state index is 0.820. The monoisotopic (exact) mass is 220 g/mol. The van der Waals surface area contributed by atoms with Crippen molar-refractivity contribution < 1.29 is 0 Å². The Kier molecular flexibility index (Phi) is 3.00. The topological polar surface area (TPSA) is 58.9 Å². The van der Waals surface area contributed by atoms with E-state index in [4.69, 9.17) is 0 Å². The predicted octanol–water partition coefficient (Wildman–Crippen LogP) is 0.430. The predicted molar refractivity (Wildman–Crippen MR) is 63.4 cm³/mol. The number of anilines is 1. The van der Waals surface area contributed by atoms with Crippen LogP contribution in [0.15, 0.2) is 12.5 Å². The highest BCUT2D eigenvalue weighted by Gasteiger charge is 2.08. The van der Waals surface area contributed by atoms with E-state index in [1.165, 1.54) is 0 Å². The van der Waals surface area contributed by atoms with E-state index < -0.39 is 0 Å². The summed E-state index contributed by atoms with van der Waals surface area (Å²) in [5.74, 6) is 0.820. The van der Waals surface area contributed by atoms with Crippen LogP contribution >= 0.6 is 0 Å². The van der Waals surface area contributed by atoms with Crippen molar-refractivity contribution in [2.45, 2.75) is 6.54 Å². The fourth-order valence-corrected chi connectivity index (χ4v) is 1.55. The zero-order valence-corrected chi connectivity index (χ0v) is 9.80. The van der Waals surface area contributed by atoms with E-state index >= 15 is 0 Å². The average molecular weight is 220 g/mol. The van der Waals surface area contributed by atoms with Crippen LogP contribution in [0.25, 0.3) is 11.0 Å². The number of hydrogen-bond acceptors (Lipinski definition) is 5.